The molecule has 0 aliphatic rings. The first-order chi connectivity index (χ1) is 8.51. The van der Waals surface area contributed by atoms with Crippen LogP contribution in [0.5, 0.6) is 0 Å². The third kappa shape index (κ3) is 5.07. The largest absolute Gasteiger partial charge is 0.480 e. The molecule has 0 aromatic carbocycles. The summed E-state index contributed by atoms with van der Waals surface area (Å²) in [5.74, 6) is -2.41. The Bertz CT molecular complexity index is 247. The fraction of sp³-hybridized carbons (Fsp3) is 0.857. The molecule has 0 amide bonds. The van der Waals surface area contributed by atoms with Crippen molar-refractivity contribution >= 4 is 11.9 Å². The third-order valence-electron chi connectivity index (χ3n) is 3.63. The Balaban J connectivity index is 3.99. The van der Waals surface area contributed by atoms with Crippen molar-refractivity contribution in [2.75, 3.05) is 0 Å². The first-order valence-electron chi connectivity index (χ1n) is 6.98. The van der Waals surface area contributed by atoms with E-state index in [4.69, 9.17) is 10.2 Å². The highest BCUT2D eigenvalue weighted by Crippen LogP contribution is 2.30. The topological polar surface area (TPSA) is 74.6 Å². The number of carboxylic acid groups (broad SMARTS) is 2. The highest BCUT2D eigenvalue weighted by atomic mass is 16.4. The van der Waals surface area contributed by atoms with Crippen LogP contribution in [0.3, 0.4) is 0 Å². The molecule has 0 unspecified atom stereocenters. The molecule has 0 aromatic rings. The van der Waals surface area contributed by atoms with Crippen molar-refractivity contribution in [3.63, 3.8) is 0 Å². The Hall–Kier alpha value is -1.06. The quantitative estimate of drug-likeness (QED) is 0.438. The van der Waals surface area contributed by atoms with E-state index in [0.717, 1.165) is 19.3 Å². The van der Waals surface area contributed by atoms with Gasteiger partial charge in [0.05, 0.1) is 0 Å². The van der Waals surface area contributed by atoms with E-state index in [1.54, 1.807) is 6.92 Å². The molecule has 0 saturated carbocycles. The molecule has 2 N–H and O–H groups in total. The van der Waals surface area contributed by atoms with Gasteiger partial charge in [-0.1, -0.05) is 58.8 Å². The zero-order valence-electron chi connectivity index (χ0n) is 11.6. The van der Waals surface area contributed by atoms with Gasteiger partial charge in [0.1, 0.15) is 0 Å². The molecule has 0 bridgehead atoms. The molecule has 4 nitrogen and oxygen atoms in total. The van der Waals surface area contributed by atoms with Gasteiger partial charge in [-0.2, -0.15) is 0 Å². The number of hydrogen-bond acceptors (Lipinski definition) is 2. The summed E-state index contributed by atoms with van der Waals surface area (Å²) in [7, 11) is 0. The molecule has 106 valence electrons. The van der Waals surface area contributed by atoms with Crippen LogP contribution in [0.15, 0.2) is 0 Å². The summed E-state index contributed by atoms with van der Waals surface area (Å²) in [5.41, 5.74) is -1.58. The van der Waals surface area contributed by atoms with Crippen LogP contribution in [0, 0.1) is 5.41 Å². The van der Waals surface area contributed by atoms with Gasteiger partial charge in [0.2, 0.25) is 0 Å². The fourth-order valence-electron chi connectivity index (χ4n) is 2.17. The van der Waals surface area contributed by atoms with Crippen molar-refractivity contribution in [1.29, 1.82) is 0 Å². The normalized spacial score (nSPS) is 11.4. The first kappa shape index (κ1) is 16.9. The minimum atomic E-state index is -1.58. The van der Waals surface area contributed by atoms with E-state index >= 15 is 0 Å². The van der Waals surface area contributed by atoms with E-state index in [9.17, 15) is 9.59 Å². The van der Waals surface area contributed by atoms with E-state index in [1.165, 1.54) is 19.3 Å². The van der Waals surface area contributed by atoms with E-state index < -0.39 is 17.4 Å². The highest BCUT2D eigenvalue weighted by Gasteiger charge is 2.44. The van der Waals surface area contributed by atoms with Crippen LogP contribution in [0.4, 0.5) is 0 Å². The first-order valence-corrected chi connectivity index (χ1v) is 6.98. The second-order valence-electron chi connectivity index (χ2n) is 4.92. The molecule has 0 atom stereocenters. The van der Waals surface area contributed by atoms with Crippen molar-refractivity contribution in [3.05, 3.63) is 0 Å². The lowest BCUT2D eigenvalue weighted by Gasteiger charge is -2.22. The maximum Gasteiger partial charge on any atom is 0.321 e. The minimum Gasteiger partial charge on any atom is -0.480 e. The summed E-state index contributed by atoms with van der Waals surface area (Å²) in [6.45, 7) is 3.79. The summed E-state index contributed by atoms with van der Waals surface area (Å²) in [4.78, 5) is 22.2. The van der Waals surface area contributed by atoms with Crippen LogP contribution < -0.4 is 0 Å². The molecule has 0 fully saturated rings. The average Bonchev–Trinajstić information content (AvgIpc) is 2.32. The number of carboxylic acids is 2. The molecule has 0 aromatic heterocycles. The number of rotatable bonds is 11. The van der Waals surface area contributed by atoms with Gasteiger partial charge in [0.15, 0.2) is 5.41 Å². The van der Waals surface area contributed by atoms with Gasteiger partial charge in [-0.15, -0.1) is 0 Å². The lowest BCUT2D eigenvalue weighted by Crippen LogP contribution is -2.38. The van der Waals surface area contributed by atoms with Crippen molar-refractivity contribution in [3.8, 4) is 0 Å². The van der Waals surface area contributed by atoms with Crippen molar-refractivity contribution in [2.45, 2.75) is 71.6 Å². The molecule has 0 aliphatic carbocycles. The van der Waals surface area contributed by atoms with E-state index in [0.29, 0.717) is 6.42 Å². The summed E-state index contributed by atoms with van der Waals surface area (Å²) in [6, 6.07) is 0. The van der Waals surface area contributed by atoms with Gasteiger partial charge in [-0.3, -0.25) is 9.59 Å². The van der Waals surface area contributed by atoms with Crippen LogP contribution in [0.2, 0.25) is 0 Å². The van der Waals surface area contributed by atoms with Gasteiger partial charge in [0.25, 0.3) is 0 Å². The van der Waals surface area contributed by atoms with Crippen LogP contribution in [0.1, 0.15) is 71.6 Å². The lowest BCUT2D eigenvalue weighted by molar-refractivity contribution is -0.165. The van der Waals surface area contributed by atoms with E-state index in [1.807, 2.05) is 0 Å². The standard InChI is InChI=1S/C14H26O4/c1-3-5-6-7-8-9-10-11-14(4-2,12(15)16)13(17)18/h3-11H2,1-2H3,(H,15,16)(H,17,18). The monoisotopic (exact) mass is 258 g/mol. The number of carbonyl (C=O) groups is 2. The van der Waals surface area contributed by atoms with E-state index in [-0.39, 0.29) is 12.8 Å². The van der Waals surface area contributed by atoms with Crippen LogP contribution in [-0.2, 0) is 9.59 Å². The Morgan fingerprint density at radius 1 is 0.833 bits per heavy atom. The molecular weight excluding hydrogens is 232 g/mol. The zero-order chi connectivity index (χ0) is 14.0. The molecule has 4 heteroatoms. The second kappa shape index (κ2) is 8.95. The number of hydrogen-bond donors (Lipinski definition) is 2. The maximum atomic E-state index is 11.1. The number of unbranched alkanes of at least 4 members (excludes halogenated alkanes) is 6. The molecule has 18 heavy (non-hydrogen) atoms. The molecule has 0 rings (SSSR count). The Kier molecular flexibility index (Phi) is 8.42. The van der Waals surface area contributed by atoms with Crippen molar-refractivity contribution in [1.82, 2.24) is 0 Å². The molecule has 0 saturated heterocycles. The van der Waals surface area contributed by atoms with Crippen LogP contribution >= 0.6 is 0 Å². The SMILES string of the molecule is CCCCCCCCCC(CC)(C(=O)O)C(=O)O. The van der Waals surface area contributed by atoms with Crippen LogP contribution in [0.25, 0.3) is 0 Å². The highest BCUT2D eigenvalue weighted by molar-refractivity contribution is 5.98. The third-order valence-corrected chi connectivity index (χ3v) is 3.63. The Morgan fingerprint density at radius 2 is 1.28 bits per heavy atom. The summed E-state index contributed by atoms with van der Waals surface area (Å²) in [5, 5.41) is 18.2. The van der Waals surface area contributed by atoms with Gasteiger partial charge < -0.3 is 10.2 Å². The van der Waals surface area contributed by atoms with Gasteiger partial charge in [-0.05, 0) is 12.8 Å². The number of aliphatic carboxylic acids is 2. The molecular formula is C14H26O4. The summed E-state index contributed by atoms with van der Waals surface area (Å²) >= 11 is 0. The fourth-order valence-corrected chi connectivity index (χ4v) is 2.17. The molecule has 0 spiro atoms. The summed E-state index contributed by atoms with van der Waals surface area (Å²) in [6.07, 6.45) is 7.87. The second-order valence-corrected chi connectivity index (χ2v) is 4.92. The summed E-state index contributed by atoms with van der Waals surface area (Å²) < 4.78 is 0. The van der Waals surface area contributed by atoms with Gasteiger partial charge in [-0.25, -0.2) is 0 Å². The lowest BCUT2D eigenvalue weighted by atomic mass is 9.80. The maximum absolute atomic E-state index is 11.1. The van der Waals surface area contributed by atoms with Crippen molar-refractivity contribution in [2.24, 2.45) is 5.41 Å². The zero-order valence-corrected chi connectivity index (χ0v) is 11.6. The molecule has 0 aliphatic heterocycles. The smallest absolute Gasteiger partial charge is 0.321 e. The van der Waals surface area contributed by atoms with Crippen LogP contribution in [-0.4, -0.2) is 22.2 Å². The predicted molar refractivity (Wildman–Crippen MR) is 70.6 cm³/mol. The van der Waals surface area contributed by atoms with E-state index in [2.05, 4.69) is 6.92 Å². The average molecular weight is 258 g/mol. The predicted octanol–water partition coefficient (Wildman–Crippen LogP) is 3.69. The van der Waals surface area contributed by atoms with Gasteiger partial charge >= 0.3 is 11.9 Å². The van der Waals surface area contributed by atoms with Gasteiger partial charge in [0, 0.05) is 0 Å². The Morgan fingerprint density at radius 3 is 1.67 bits per heavy atom. The minimum absolute atomic E-state index is 0.146. The molecule has 0 radical (unpaired) electrons. The molecule has 0 heterocycles. The Labute approximate surface area is 109 Å². The van der Waals surface area contributed by atoms with Crippen molar-refractivity contribution < 1.29 is 19.8 Å².